The third kappa shape index (κ3) is 5.32. The Bertz CT molecular complexity index is 635. The van der Waals surface area contributed by atoms with E-state index in [0.29, 0.717) is 26.2 Å². The van der Waals surface area contributed by atoms with Gasteiger partial charge < -0.3 is 24.4 Å². The van der Waals surface area contributed by atoms with E-state index in [1.807, 2.05) is 11.9 Å². The lowest BCUT2D eigenvalue weighted by Gasteiger charge is -2.23. The summed E-state index contributed by atoms with van der Waals surface area (Å²) in [7, 11) is 3.74. The fraction of sp³-hybridized carbons (Fsp3) is 0.632. The maximum Gasteiger partial charge on any atom is 0.193 e. The largest absolute Gasteiger partial charge is 0.467 e. The van der Waals surface area contributed by atoms with Crippen LogP contribution in [0, 0.1) is 11.7 Å². The van der Waals surface area contributed by atoms with Gasteiger partial charge in [0.15, 0.2) is 12.8 Å². The number of hydrogen-bond donors (Lipinski definition) is 1. The molecule has 1 N–H and O–H groups in total. The van der Waals surface area contributed by atoms with Crippen LogP contribution in [0.2, 0.25) is 0 Å². The normalized spacial score (nSPS) is 16.8. The first-order valence-corrected chi connectivity index (χ1v) is 9.18. The lowest BCUT2D eigenvalue weighted by Crippen LogP contribution is -2.41. The highest BCUT2D eigenvalue weighted by molar-refractivity contribution is 5.79. The minimum atomic E-state index is -0.262. The Morgan fingerprint density at radius 3 is 3.04 bits per heavy atom. The van der Waals surface area contributed by atoms with E-state index < -0.39 is 0 Å². The molecule has 1 aliphatic heterocycles. The second kappa shape index (κ2) is 9.19. The number of guanidine groups is 1. The van der Waals surface area contributed by atoms with E-state index in [1.54, 1.807) is 7.05 Å². The minimum absolute atomic E-state index is 0.213. The molecule has 144 valence electrons. The van der Waals surface area contributed by atoms with Crippen LogP contribution in [0.25, 0.3) is 0 Å². The van der Waals surface area contributed by atoms with Crippen LogP contribution in [-0.2, 0) is 22.5 Å². The molecular formula is C19H28FN3O3. The summed E-state index contributed by atoms with van der Waals surface area (Å²) in [4.78, 5) is 6.34. The van der Waals surface area contributed by atoms with Crippen LogP contribution in [0.5, 0.6) is 5.75 Å². The molecule has 0 radical (unpaired) electrons. The lowest BCUT2D eigenvalue weighted by atomic mass is 10.1. The van der Waals surface area contributed by atoms with E-state index in [2.05, 4.69) is 10.3 Å². The van der Waals surface area contributed by atoms with Crippen molar-refractivity contribution in [3.8, 4) is 5.75 Å². The van der Waals surface area contributed by atoms with Gasteiger partial charge in [-0.2, -0.15) is 0 Å². The fourth-order valence-electron chi connectivity index (χ4n) is 2.98. The highest BCUT2D eigenvalue weighted by atomic mass is 19.1. The summed E-state index contributed by atoms with van der Waals surface area (Å²) in [5.74, 6) is 2.07. The van der Waals surface area contributed by atoms with Gasteiger partial charge in [0.1, 0.15) is 11.6 Å². The molecule has 0 aromatic heterocycles. The second-order valence-corrected chi connectivity index (χ2v) is 6.83. The van der Waals surface area contributed by atoms with Crippen LogP contribution < -0.4 is 10.1 Å². The molecule has 1 aliphatic carbocycles. The molecule has 1 aromatic carbocycles. The van der Waals surface area contributed by atoms with E-state index in [4.69, 9.17) is 14.2 Å². The molecular weight excluding hydrogens is 337 g/mol. The maximum absolute atomic E-state index is 13.8. The molecule has 3 rings (SSSR count). The average Bonchev–Trinajstić information content (AvgIpc) is 3.46. The summed E-state index contributed by atoms with van der Waals surface area (Å²) in [6.07, 6.45) is 3.25. The summed E-state index contributed by atoms with van der Waals surface area (Å²) in [6, 6.07) is 3.00. The van der Waals surface area contributed by atoms with Gasteiger partial charge in [-0.25, -0.2) is 4.39 Å². The molecule has 0 spiro atoms. The summed E-state index contributed by atoms with van der Waals surface area (Å²) in [6.45, 7) is 3.58. The Morgan fingerprint density at radius 2 is 2.27 bits per heavy atom. The lowest BCUT2D eigenvalue weighted by molar-refractivity contribution is -0.0172. The van der Waals surface area contributed by atoms with E-state index in [0.717, 1.165) is 41.9 Å². The van der Waals surface area contributed by atoms with E-state index >= 15 is 0 Å². The molecule has 0 amide bonds. The first kappa shape index (κ1) is 18.9. The van der Waals surface area contributed by atoms with Gasteiger partial charge in [0.05, 0.1) is 13.2 Å². The van der Waals surface area contributed by atoms with E-state index in [1.165, 1.54) is 25.0 Å². The summed E-state index contributed by atoms with van der Waals surface area (Å²) in [5.41, 5.74) is 1.61. The summed E-state index contributed by atoms with van der Waals surface area (Å²) < 4.78 is 30.2. The Hall–Kier alpha value is -1.86. The smallest absolute Gasteiger partial charge is 0.193 e. The second-order valence-electron chi connectivity index (χ2n) is 6.83. The average molecular weight is 365 g/mol. The first-order valence-electron chi connectivity index (χ1n) is 9.18. The highest BCUT2D eigenvalue weighted by Gasteiger charge is 2.21. The molecule has 2 aliphatic rings. The van der Waals surface area contributed by atoms with Crippen LogP contribution >= 0.6 is 0 Å². The number of hydrogen-bond acceptors (Lipinski definition) is 4. The van der Waals surface area contributed by atoms with Crippen molar-refractivity contribution >= 4 is 5.96 Å². The Labute approximate surface area is 154 Å². The zero-order valence-corrected chi connectivity index (χ0v) is 15.6. The van der Waals surface area contributed by atoms with Gasteiger partial charge in [0, 0.05) is 39.4 Å². The van der Waals surface area contributed by atoms with Gasteiger partial charge >= 0.3 is 0 Å². The predicted octanol–water partition coefficient (Wildman–Crippen LogP) is 2.17. The quantitative estimate of drug-likeness (QED) is 0.435. The van der Waals surface area contributed by atoms with Crippen molar-refractivity contribution in [2.75, 3.05) is 47.2 Å². The van der Waals surface area contributed by atoms with Gasteiger partial charge in [-0.1, -0.05) is 0 Å². The molecule has 1 fully saturated rings. The van der Waals surface area contributed by atoms with Crippen molar-refractivity contribution in [2.45, 2.75) is 25.9 Å². The minimum Gasteiger partial charge on any atom is -0.467 e. The number of likely N-dealkylation sites (N-methyl/N-ethyl adjacent to an activating group) is 1. The van der Waals surface area contributed by atoms with Gasteiger partial charge in [0.2, 0.25) is 0 Å². The van der Waals surface area contributed by atoms with Crippen LogP contribution in [-0.4, -0.2) is 58.1 Å². The molecule has 1 aromatic rings. The van der Waals surface area contributed by atoms with Crippen molar-refractivity contribution in [1.29, 1.82) is 0 Å². The Kier molecular flexibility index (Phi) is 6.68. The SMILES string of the molecule is CN=C(NCCc1cc(F)cc2c1OCOC2)N(C)CCOCC1CC1. The van der Waals surface area contributed by atoms with Crippen molar-refractivity contribution in [1.82, 2.24) is 10.2 Å². The Balaban J connectivity index is 1.45. The van der Waals surface area contributed by atoms with Gasteiger partial charge in [-0.05, 0) is 42.9 Å². The molecule has 1 saturated carbocycles. The molecule has 1 heterocycles. The number of aliphatic imine (C=N–C) groups is 1. The van der Waals surface area contributed by atoms with Crippen molar-refractivity contribution in [2.24, 2.45) is 10.9 Å². The fourth-order valence-corrected chi connectivity index (χ4v) is 2.98. The predicted molar refractivity (Wildman–Crippen MR) is 97.9 cm³/mol. The third-order valence-corrected chi connectivity index (χ3v) is 4.62. The maximum atomic E-state index is 13.8. The monoisotopic (exact) mass is 365 g/mol. The van der Waals surface area contributed by atoms with E-state index in [-0.39, 0.29) is 12.6 Å². The molecule has 6 nitrogen and oxygen atoms in total. The molecule has 7 heteroatoms. The van der Waals surface area contributed by atoms with Gasteiger partial charge in [-0.15, -0.1) is 0 Å². The third-order valence-electron chi connectivity index (χ3n) is 4.62. The molecule has 0 bridgehead atoms. The van der Waals surface area contributed by atoms with Gasteiger partial charge in [-0.3, -0.25) is 4.99 Å². The molecule has 0 atom stereocenters. The van der Waals surface area contributed by atoms with Crippen molar-refractivity contribution < 1.29 is 18.6 Å². The standard InChI is InChI=1S/C19H28FN3O3/c1-21-19(23(2)7-8-24-11-14-3-4-14)22-6-5-15-9-17(20)10-16-12-25-13-26-18(15)16/h9-10,14H,3-8,11-13H2,1-2H3,(H,21,22). The zero-order valence-electron chi connectivity index (χ0n) is 15.6. The van der Waals surface area contributed by atoms with E-state index in [9.17, 15) is 4.39 Å². The van der Waals surface area contributed by atoms with Gasteiger partial charge in [0.25, 0.3) is 0 Å². The van der Waals surface area contributed by atoms with Crippen molar-refractivity contribution in [3.63, 3.8) is 0 Å². The number of ether oxygens (including phenoxy) is 3. The van der Waals surface area contributed by atoms with Crippen LogP contribution in [0.15, 0.2) is 17.1 Å². The number of halogens is 1. The Morgan fingerprint density at radius 1 is 1.42 bits per heavy atom. The van der Waals surface area contributed by atoms with Crippen LogP contribution in [0.4, 0.5) is 4.39 Å². The summed E-state index contributed by atoms with van der Waals surface area (Å²) in [5, 5.41) is 3.32. The topological polar surface area (TPSA) is 55.3 Å². The number of fused-ring (bicyclic) bond motifs is 1. The molecule has 26 heavy (non-hydrogen) atoms. The number of rotatable bonds is 8. The zero-order chi connectivity index (χ0) is 18.4. The first-order chi connectivity index (χ1) is 12.7. The highest BCUT2D eigenvalue weighted by Crippen LogP contribution is 2.30. The number of benzene rings is 1. The number of nitrogens with zero attached hydrogens (tertiary/aromatic N) is 2. The van der Waals surface area contributed by atoms with Crippen molar-refractivity contribution in [3.05, 3.63) is 29.1 Å². The number of nitrogens with one attached hydrogen (secondary N) is 1. The molecule has 0 saturated heterocycles. The van der Waals surface area contributed by atoms with Crippen LogP contribution in [0.1, 0.15) is 24.0 Å². The molecule has 0 unspecified atom stereocenters. The summed E-state index contributed by atoms with van der Waals surface area (Å²) >= 11 is 0. The van der Waals surface area contributed by atoms with Crippen LogP contribution in [0.3, 0.4) is 0 Å².